The van der Waals surface area contributed by atoms with E-state index in [9.17, 15) is 18.0 Å². The van der Waals surface area contributed by atoms with Crippen molar-refractivity contribution in [2.24, 2.45) is 0 Å². The highest BCUT2D eigenvalue weighted by Gasteiger charge is 2.30. The molecule has 2 N–H and O–H groups in total. The lowest BCUT2D eigenvalue weighted by Gasteiger charge is -2.14. The van der Waals surface area contributed by atoms with Gasteiger partial charge in [-0.1, -0.05) is 35.9 Å². The summed E-state index contributed by atoms with van der Waals surface area (Å²) in [5.41, 5.74) is 0.975. The molecule has 0 aromatic heterocycles. The first-order valence-corrected chi connectivity index (χ1v) is 8.10. The summed E-state index contributed by atoms with van der Waals surface area (Å²) >= 11 is 5.89. The molecule has 1 unspecified atom stereocenters. The minimum Gasteiger partial charge on any atom is -0.347 e. The maximum absolute atomic E-state index is 12.5. The highest BCUT2D eigenvalue weighted by Crippen LogP contribution is 2.28. The molecule has 0 aliphatic heterocycles. The van der Waals surface area contributed by atoms with Gasteiger partial charge in [-0.05, 0) is 29.8 Å². The van der Waals surface area contributed by atoms with Crippen molar-refractivity contribution in [3.63, 3.8) is 0 Å². The molecule has 2 aromatic rings. The molecule has 0 saturated carbocycles. The Kier molecular flexibility index (Phi) is 6.45. The molecule has 2 aromatic carbocycles. The number of benzene rings is 2. The smallest absolute Gasteiger partial charge is 0.347 e. The van der Waals surface area contributed by atoms with Crippen LogP contribution < -0.4 is 10.2 Å². The minimum absolute atomic E-state index is 0.135. The Hall–Kier alpha value is -2.05. The van der Waals surface area contributed by atoms with Gasteiger partial charge in [0.05, 0.1) is 12.6 Å². The van der Waals surface area contributed by atoms with E-state index in [0.29, 0.717) is 18.1 Å². The molecule has 0 heterocycles. The summed E-state index contributed by atoms with van der Waals surface area (Å²) in [6, 6.07) is 12.2. The lowest BCUT2D eigenvalue weighted by Crippen LogP contribution is -3.08. The zero-order chi connectivity index (χ0) is 18.4. The SMILES string of the molecule is C[NH+](CC(=O)NCc1cccc(Cl)c1)Cc1ccc(C(F)(F)F)cc1. The van der Waals surface area contributed by atoms with E-state index in [-0.39, 0.29) is 12.5 Å². The topological polar surface area (TPSA) is 33.5 Å². The monoisotopic (exact) mass is 371 g/mol. The maximum Gasteiger partial charge on any atom is 0.416 e. The first-order valence-electron chi connectivity index (χ1n) is 7.72. The van der Waals surface area contributed by atoms with E-state index in [4.69, 9.17) is 11.6 Å². The Labute approximate surface area is 149 Å². The van der Waals surface area contributed by atoms with Gasteiger partial charge in [0.15, 0.2) is 6.54 Å². The van der Waals surface area contributed by atoms with Crippen LogP contribution in [0, 0.1) is 0 Å². The largest absolute Gasteiger partial charge is 0.416 e. The predicted molar refractivity (Wildman–Crippen MR) is 90.2 cm³/mol. The van der Waals surface area contributed by atoms with Crippen LogP contribution >= 0.6 is 11.6 Å². The number of nitrogens with one attached hydrogen (secondary N) is 2. The normalized spacial score (nSPS) is 12.7. The van der Waals surface area contributed by atoms with Crippen LogP contribution in [0.5, 0.6) is 0 Å². The van der Waals surface area contributed by atoms with Crippen LogP contribution in [0.2, 0.25) is 5.02 Å². The number of quaternary nitrogens is 1. The van der Waals surface area contributed by atoms with Crippen molar-refractivity contribution in [2.75, 3.05) is 13.6 Å². The third-order valence-electron chi connectivity index (χ3n) is 3.63. The molecule has 1 atom stereocenters. The second kappa shape index (κ2) is 8.36. The summed E-state index contributed by atoms with van der Waals surface area (Å²) in [5.74, 6) is -0.135. The number of carbonyl (C=O) groups is 1. The molecule has 134 valence electrons. The van der Waals surface area contributed by atoms with E-state index < -0.39 is 11.7 Å². The standard InChI is InChI=1S/C18H18ClF3N2O/c1-24(11-13-5-7-15(8-6-13)18(20,21)22)12-17(25)23-10-14-3-2-4-16(19)9-14/h2-9H,10-12H2,1H3,(H,23,25)/p+1. The van der Waals surface area contributed by atoms with Gasteiger partial charge in [0.1, 0.15) is 6.54 Å². The molecule has 1 amide bonds. The average molecular weight is 372 g/mol. The van der Waals surface area contributed by atoms with Crippen molar-refractivity contribution < 1.29 is 22.9 Å². The fourth-order valence-electron chi connectivity index (χ4n) is 2.41. The van der Waals surface area contributed by atoms with Crippen LogP contribution in [-0.4, -0.2) is 19.5 Å². The van der Waals surface area contributed by atoms with E-state index in [0.717, 1.165) is 28.2 Å². The molecule has 0 spiro atoms. The zero-order valence-electron chi connectivity index (χ0n) is 13.7. The van der Waals surface area contributed by atoms with Gasteiger partial charge in [0.2, 0.25) is 0 Å². The van der Waals surface area contributed by atoms with E-state index in [1.807, 2.05) is 19.2 Å². The highest BCUT2D eigenvalue weighted by atomic mass is 35.5. The first kappa shape index (κ1) is 19.3. The van der Waals surface area contributed by atoms with Crippen molar-refractivity contribution in [1.29, 1.82) is 0 Å². The van der Waals surface area contributed by atoms with Crippen LogP contribution in [0.1, 0.15) is 16.7 Å². The van der Waals surface area contributed by atoms with Crippen molar-refractivity contribution >= 4 is 17.5 Å². The van der Waals surface area contributed by atoms with Crippen molar-refractivity contribution in [3.8, 4) is 0 Å². The van der Waals surface area contributed by atoms with Gasteiger partial charge < -0.3 is 10.2 Å². The van der Waals surface area contributed by atoms with E-state index in [1.54, 1.807) is 12.1 Å². The van der Waals surface area contributed by atoms with E-state index in [1.165, 1.54) is 12.1 Å². The fourth-order valence-corrected chi connectivity index (χ4v) is 2.62. The summed E-state index contributed by atoms with van der Waals surface area (Å²) in [5, 5.41) is 3.41. The molecule has 0 fully saturated rings. The lowest BCUT2D eigenvalue weighted by atomic mass is 10.1. The van der Waals surface area contributed by atoms with Crippen LogP contribution in [0.3, 0.4) is 0 Å². The summed E-state index contributed by atoms with van der Waals surface area (Å²) < 4.78 is 37.6. The third kappa shape index (κ3) is 6.40. The summed E-state index contributed by atoms with van der Waals surface area (Å²) in [4.78, 5) is 12.9. The van der Waals surface area contributed by atoms with Crippen LogP contribution in [0.25, 0.3) is 0 Å². The number of amides is 1. The number of alkyl halides is 3. The van der Waals surface area contributed by atoms with Crippen LogP contribution in [0.4, 0.5) is 13.2 Å². The van der Waals surface area contributed by atoms with E-state index in [2.05, 4.69) is 5.32 Å². The zero-order valence-corrected chi connectivity index (χ0v) is 14.4. The number of halogens is 4. The lowest BCUT2D eigenvalue weighted by molar-refractivity contribution is -0.885. The molecule has 2 rings (SSSR count). The van der Waals surface area contributed by atoms with Gasteiger partial charge in [-0.2, -0.15) is 13.2 Å². The number of likely N-dealkylation sites (N-methyl/N-ethyl adjacent to an activating group) is 1. The average Bonchev–Trinajstić information content (AvgIpc) is 2.52. The molecule has 0 aliphatic rings. The Morgan fingerprint density at radius 3 is 2.40 bits per heavy atom. The second-order valence-corrected chi connectivity index (χ2v) is 6.35. The Balaban J connectivity index is 1.81. The molecule has 7 heteroatoms. The predicted octanol–water partition coefficient (Wildman–Crippen LogP) is 2.69. The number of hydrogen-bond donors (Lipinski definition) is 2. The van der Waals surface area contributed by atoms with Crippen molar-refractivity contribution in [2.45, 2.75) is 19.3 Å². The Morgan fingerprint density at radius 2 is 1.80 bits per heavy atom. The number of carbonyl (C=O) groups excluding carboxylic acids is 1. The summed E-state index contributed by atoms with van der Waals surface area (Å²) in [6.07, 6.45) is -4.34. The third-order valence-corrected chi connectivity index (χ3v) is 3.86. The molecular formula is C18H19ClF3N2O+. The molecule has 0 bridgehead atoms. The van der Waals surface area contributed by atoms with Crippen LogP contribution in [0.15, 0.2) is 48.5 Å². The van der Waals surface area contributed by atoms with Gasteiger partial charge in [0, 0.05) is 17.1 Å². The van der Waals surface area contributed by atoms with Gasteiger partial charge in [0.25, 0.3) is 5.91 Å². The maximum atomic E-state index is 12.5. The van der Waals surface area contributed by atoms with Crippen molar-refractivity contribution in [3.05, 3.63) is 70.2 Å². The Morgan fingerprint density at radius 1 is 1.12 bits per heavy atom. The summed E-state index contributed by atoms with van der Waals surface area (Å²) in [6.45, 7) is 1.07. The number of rotatable bonds is 6. The van der Waals surface area contributed by atoms with Crippen LogP contribution in [-0.2, 0) is 24.1 Å². The van der Waals surface area contributed by atoms with Crippen molar-refractivity contribution in [1.82, 2.24) is 5.32 Å². The molecule has 3 nitrogen and oxygen atoms in total. The molecule has 0 saturated heterocycles. The first-order chi connectivity index (χ1) is 11.7. The number of hydrogen-bond acceptors (Lipinski definition) is 1. The molecule has 0 radical (unpaired) electrons. The molecule has 0 aliphatic carbocycles. The fraction of sp³-hybridized carbons (Fsp3) is 0.278. The molecule has 25 heavy (non-hydrogen) atoms. The van der Waals surface area contributed by atoms with Gasteiger partial charge >= 0.3 is 6.18 Å². The Bertz CT molecular complexity index is 717. The van der Waals surface area contributed by atoms with Gasteiger partial charge in [-0.25, -0.2) is 0 Å². The second-order valence-electron chi connectivity index (χ2n) is 5.91. The summed E-state index contributed by atoms with van der Waals surface area (Å²) in [7, 11) is 1.82. The molecular weight excluding hydrogens is 353 g/mol. The minimum atomic E-state index is -4.34. The van der Waals surface area contributed by atoms with E-state index >= 15 is 0 Å². The van der Waals surface area contributed by atoms with Gasteiger partial charge in [-0.3, -0.25) is 4.79 Å². The highest BCUT2D eigenvalue weighted by molar-refractivity contribution is 6.30. The van der Waals surface area contributed by atoms with Gasteiger partial charge in [-0.15, -0.1) is 0 Å². The quantitative estimate of drug-likeness (QED) is 0.804.